The topological polar surface area (TPSA) is 114 Å². The Bertz CT molecular complexity index is 1720. The minimum atomic E-state index is -1.52. The van der Waals surface area contributed by atoms with Crippen molar-refractivity contribution in [3.63, 3.8) is 0 Å². The van der Waals surface area contributed by atoms with E-state index >= 15 is 0 Å². The number of H-pyrrole nitrogens is 1. The number of hydrogen-bond donors (Lipinski definition) is 4. The van der Waals surface area contributed by atoms with Crippen LogP contribution >= 0.6 is 11.9 Å². The molecule has 3 aromatic heterocycles. The second-order valence-electron chi connectivity index (χ2n) is 9.82. The van der Waals surface area contributed by atoms with E-state index < -0.39 is 17.2 Å². The largest absolute Gasteiger partial charge is 0.436 e. The number of benzene rings is 2. The van der Waals surface area contributed by atoms with Crippen molar-refractivity contribution in [3.05, 3.63) is 88.9 Å². The van der Waals surface area contributed by atoms with Crippen molar-refractivity contribution in [1.29, 1.82) is 0 Å². The van der Waals surface area contributed by atoms with Gasteiger partial charge in [0, 0.05) is 28.4 Å². The highest BCUT2D eigenvalue weighted by Crippen LogP contribution is 2.37. The van der Waals surface area contributed by atoms with Gasteiger partial charge in [-0.15, -0.1) is 0 Å². The number of aryl methyl sites for hydroxylation is 2. The van der Waals surface area contributed by atoms with Gasteiger partial charge in [-0.2, -0.15) is 9.49 Å². The molecule has 0 saturated heterocycles. The van der Waals surface area contributed by atoms with Crippen LogP contribution in [0.15, 0.2) is 54.9 Å². The Morgan fingerprint density at radius 3 is 2.71 bits per heavy atom. The van der Waals surface area contributed by atoms with Crippen molar-refractivity contribution in [2.45, 2.75) is 32.8 Å². The first-order chi connectivity index (χ1) is 19.6. The van der Waals surface area contributed by atoms with Crippen molar-refractivity contribution in [3.8, 4) is 17.3 Å². The summed E-state index contributed by atoms with van der Waals surface area (Å²) in [5.74, 6) is -1.49. The van der Waals surface area contributed by atoms with E-state index in [2.05, 4.69) is 19.8 Å². The first kappa shape index (κ1) is 28.4. The highest BCUT2D eigenvalue weighted by atomic mass is 32.2. The van der Waals surface area contributed by atoms with Crippen LogP contribution in [0.4, 0.5) is 24.7 Å². The first-order valence-electron chi connectivity index (χ1n) is 12.8. The summed E-state index contributed by atoms with van der Waals surface area (Å²) in [6.07, 6.45) is 3.42. The molecule has 0 aliphatic carbocycles. The van der Waals surface area contributed by atoms with Crippen molar-refractivity contribution in [1.82, 2.24) is 19.7 Å². The molecule has 5 N–H and O–H groups in total. The highest BCUT2D eigenvalue weighted by molar-refractivity contribution is 8.00. The molecule has 214 valence electrons. The minimum absolute atomic E-state index is 0.0664. The van der Waals surface area contributed by atoms with Crippen LogP contribution in [-0.2, 0) is 5.60 Å². The Labute approximate surface area is 238 Å². The molecule has 1 atom stereocenters. The van der Waals surface area contributed by atoms with Gasteiger partial charge >= 0.3 is 0 Å². The van der Waals surface area contributed by atoms with E-state index in [1.807, 2.05) is 25.1 Å². The number of aromatic amines is 1. The molecule has 2 aromatic carbocycles. The Hall–Kier alpha value is -4.16. The van der Waals surface area contributed by atoms with Gasteiger partial charge < -0.3 is 25.3 Å². The van der Waals surface area contributed by atoms with Crippen LogP contribution < -0.4 is 15.2 Å². The molecule has 3 heterocycles. The fraction of sp³-hybridized carbons (Fsp3) is 0.241. The number of hydrogen-bond acceptors (Lipinski definition) is 7. The zero-order valence-electron chi connectivity index (χ0n) is 22.6. The predicted octanol–water partition coefficient (Wildman–Crippen LogP) is 6.69. The molecular weight excluding hydrogens is 553 g/mol. The average molecular weight is 583 g/mol. The number of nitrogen functional groups attached to an aromatic ring is 1. The summed E-state index contributed by atoms with van der Waals surface area (Å²) in [5.41, 5.74) is 9.77. The van der Waals surface area contributed by atoms with Crippen LogP contribution in [0.1, 0.15) is 35.7 Å². The van der Waals surface area contributed by atoms with Gasteiger partial charge in [-0.1, -0.05) is 18.0 Å². The molecular formula is C29H29F3N6O2S. The van der Waals surface area contributed by atoms with E-state index in [9.17, 15) is 18.3 Å². The summed E-state index contributed by atoms with van der Waals surface area (Å²) >= 11 is 1.44. The standard InChI is InChI=1S/C29H29F3N6O2S/c1-16-10-18-12-25(36-22(18)13-21(16)37-41-9-5-8-30)29(3,39)19-14-35-38(28(19)33)23-15-34-26(11-17(23)2)40-24-7-4-6-20(31)27(24)32/h4,6-7,10-15,36-37,39H,5,8-9,33H2,1-3H3. The third-order valence-electron chi connectivity index (χ3n) is 6.80. The van der Waals surface area contributed by atoms with E-state index in [1.54, 1.807) is 19.9 Å². The zero-order valence-corrected chi connectivity index (χ0v) is 23.5. The molecule has 0 bridgehead atoms. The Morgan fingerprint density at radius 1 is 1.15 bits per heavy atom. The second kappa shape index (κ2) is 11.4. The lowest BCUT2D eigenvalue weighted by Gasteiger charge is -2.22. The number of ether oxygens (including phenoxy) is 1. The number of rotatable bonds is 10. The zero-order chi connectivity index (χ0) is 29.3. The van der Waals surface area contributed by atoms with Crippen LogP contribution in [0, 0.1) is 25.5 Å². The highest BCUT2D eigenvalue weighted by Gasteiger charge is 2.33. The van der Waals surface area contributed by atoms with Gasteiger partial charge in [0.1, 0.15) is 11.4 Å². The lowest BCUT2D eigenvalue weighted by atomic mass is 9.94. The minimum Gasteiger partial charge on any atom is -0.436 e. The number of fused-ring (bicyclic) bond motifs is 1. The Kier molecular flexibility index (Phi) is 7.87. The third kappa shape index (κ3) is 5.57. The maximum Gasteiger partial charge on any atom is 0.219 e. The predicted molar refractivity (Wildman–Crippen MR) is 155 cm³/mol. The molecule has 0 amide bonds. The molecule has 0 spiro atoms. The number of aliphatic hydroxyl groups is 1. The third-order valence-corrected chi connectivity index (χ3v) is 7.66. The number of alkyl halides is 1. The van der Waals surface area contributed by atoms with E-state index in [1.165, 1.54) is 41.2 Å². The van der Waals surface area contributed by atoms with Crippen molar-refractivity contribution >= 4 is 34.4 Å². The fourth-order valence-electron chi connectivity index (χ4n) is 4.47. The van der Waals surface area contributed by atoms with Crippen LogP contribution in [-0.4, -0.2) is 37.3 Å². The SMILES string of the molecule is Cc1cc2cc(C(C)(O)c3cnn(-c4cnc(Oc5cccc(F)c5F)cc4C)c3N)[nH]c2cc1NSCCCF. The summed E-state index contributed by atoms with van der Waals surface area (Å²) in [5, 5.41) is 17.0. The van der Waals surface area contributed by atoms with Gasteiger partial charge in [-0.05, 0) is 68.7 Å². The van der Waals surface area contributed by atoms with Crippen molar-refractivity contribution in [2.75, 3.05) is 22.9 Å². The number of nitrogens with one attached hydrogen (secondary N) is 2. The quantitative estimate of drug-likeness (QED) is 0.107. The molecule has 0 aliphatic rings. The number of halogens is 3. The second-order valence-corrected chi connectivity index (χ2v) is 10.7. The number of aromatic nitrogens is 4. The van der Waals surface area contributed by atoms with E-state index in [0.29, 0.717) is 34.7 Å². The smallest absolute Gasteiger partial charge is 0.219 e. The first-order valence-corrected chi connectivity index (χ1v) is 13.8. The lowest BCUT2D eigenvalue weighted by Crippen LogP contribution is -2.24. The monoisotopic (exact) mass is 582 g/mol. The summed E-state index contributed by atoms with van der Waals surface area (Å²) in [6.45, 7) is 5.02. The van der Waals surface area contributed by atoms with Crippen LogP contribution in [0.3, 0.4) is 0 Å². The molecule has 0 radical (unpaired) electrons. The number of nitrogens with zero attached hydrogens (tertiary/aromatic N) is 3. The molecule has 1 unspecified atom stereocenters. The molecule has 8 nitrogen and oxygen atoms in total. The maximum absolute atomic E-state index is 14.0. The van der Waals surface area contributed by atoms with Crippen molar-refractivity contribution < 1.29 is 23.0 Å². The van der Waals surface area contributed by atoms with Gasteiger partial charge in [-0.25, -0.2) is 14.1 Å². The normalized spacial score (nSPS) is 13.0. The Balaban J connectivity index is 1.41. The summed E-state index contributed by atoms with van der Waals surface area (Å²) in [6, 6.07) is 11.0. The van der Waals surface area contributed by atoms with Gasteiger partial charge in [-0.3, -0.25) is 4.39 Å². The molecule has 41 heavy (non-hydrogen) atoms. The van der Waals surface area contributed by atoms with E-state index in [0.717, 1.165) is 28.2 Å². The molecule has 0 fully saturated rings. The molecule has 0 saturated carbocycles. The molecule has 5 rings (SSSR count). The van der Waals surface area contributed by atoms with Gasteiger partial charge in [0.15, 0.2) is 11.6 Å². The van der Waals surface area contributed by atoms with Crippen LogP contribution in [0.5, 0.6) is 11.6 Å². The molecule has 5 aromatic rings. The summed E-state index contributed by atoms with van der Waals surface area (Å²) < 4.78 is 50.1. The number of nitrogens with two attached hydrogens (primary N) is 1. The van der Waals surface area contributed by atoms with Gasteiger partial charge in [0.25, 0.3) is 0 Å². The van der Waals surface area contributed by atoms with Crippen molar-refractivity contribution in [2.24, 2.45) is 0 Å². The van der Waals surface area contributed by atoms with Gasteiger partial charge in [0.05, 0.1) is 36.0 Å². The maximum atomic E-state index is 14.0. The summed E-state index contributed by atoms with van der Waals surface area (Å²) in [7, 11) is 0. The van der Waals surface area contributed by atoms with Crippen LogP contribution in [0.2, 0.25) is 0 Å². The van der Waals surface area contributed by atoms with E-state index in [-0.39, 0.29) is 24.1 Å². The average Bonchev–Trinajstić information content (AvgIpc) is 3.53. The fourth-order valence-corrected chi connectivity index (χ4v) is 5.20. The number of pyridine rings is 1. The molecule has 0 aliphatic heterocycles. The van der Waals surface area contributed by atoms with Crippen LogP contribution in [0.25, 0.3) is 16.6 Å². The van der Waals surface area contributed by atoms with E-state index in [4.69, 9.17) is 10.5 Å². The lowest BCUT2D eigenvalue weighted by molar-refractivity contribution is 0.0990. The molecule has 12 heteroatoms. The van der Waals surface area contributed by atoms with Gasteiger partial charge in [0.2, 0.25) is 11.7 Å². The number of anilines is 2. The summed E-state index contributed by atoms with van der Waals surface area (Å²) in [4.78, 5) is 7.50. The Morgan fingerprint density at radius 2 is 1.95 bits per heavy atom.